The highest BCUT2D eigenvalue weighted by Gasteiger charge is 1.99. The minimum absolute atomic E-state index is 1.07. The maximum Gasteiger partial charge on any atom is 0.0900 e. The van der Waals surface area contributed by atoms with Crippen molar-refractivity contribution in [3.63, 3.8) is 0 Å². The van der Waals surface area contributed by atoms with Crippen LogP contribution in [0.4, 0.5) is 0 Å². The smallest absolute Gasteiger partial charge is 0.0900 e. The average molecular weight is 231 g/mol. The Kier molecular flexibility index (Phi) is 21.5. The number of hydrogen-bond acceptors (Lipinski definition) is 2. The van der Waals surface area contributed by atoms with E-state index in [4.69, 9.17) is 0 Å². The predicted molar refractivity (Wildman–Crippen MR) is 75.0 cm³/mol. The first-order chi connectivity index (χ1) is 7.24. The normalized spacial score (nSPS) is 7.27. The zero-order valence-electron chi connectivity index (χ0n) is 12.1. The van der Waals surface area contributed by atoms with Gasteiger partial charge in [0.25, 0.3) is 0 Å². The summed E-state index contributed by atoms with van der Waals surface area (Å²) in [7, 11) is 0. The largest absolute Gasteiger partial charge is 0.246 e. The van der Waals surface area contributed by atoms with Crippen LogP contribution in [0.1, 0.15) is 64.0 Å². The molecular formula is C13H29NS. The van der Waals surface area contributed by atoms with Gasteiger partial charge in [-0.1, -0.05) is 48.5 Å². The van der Waals surface area contributed by atoms with E-state index in [9.17, 15) is 0 Å². The summed E-state index contributed by atoms with van der Waals surface area (Å²) in [5.74, 6) is 0. The number of hydrogen-bond donors (Lipinski definition) is 0. The van der Waals surface area contributed by atoms with Gasteiger partial charge in [-0.05, 0) is 20.3 Å². The van der Waals surface area contributed by atoms with Crippen LogP contribution in [0.25, 0.3) is 0 Å². The monoisotopic (exact) mass is 231 g/mol. The van der Waals surface area contributed by atoms with Crippen LogP contribution in [0.5, 0.6) is 0 Å². The third-order valence-corrected chi connectivity index (χ3v) is 2.26. The van der Waals surface area contributed by atoms with Gasteiger partial charge in [0.1, 0.15) is 0 Å². The van der Waals surface area contributed by atoms with Crippen molar-refractivity contribution in [2.45, 2.75) is 68.7 Å². The number of nitrogens with zero attached hydrogens (tertiary/aromatic N) is 1. The lowest BCUT2D eigenvalue weighted by Gasteiger charge is -1.85. The van der Waals surface area contributed by atoms with Crippen molar-refractivity contribution < 1.29 is 0 Å². The van der Waals surface area contributed by atoms with Gasteiger partial charge in [0.15, 0.2) is 0 Å². The van der Waals surface area contributed by atoms with Crippen molar-refractivity contribution >= 4 is 11.3 Å². The quantitative estimate of drug-likeness (QED) is 0.630. The van der Waals surface area contributed by atoms with Gasteiger partial charge in [0.05, 0.1) is 10.7 Å². The summed E-state index contributed by atoms with van der Waals surface area (Å²) in [4.78, 5) is 5.72. The summed E-state index contributed by atoms with van der Waals surface area (Å²) in [5.41, 5.74) is 1.26. The van der Waals surface area contributed by atoms with Crippen LogP contribution in [0.2, 0.25) is 0 Å². The molecule has 0 atom stereocenters. The molecule has 0 amide bonds. The zero-order valence-corrected chi connectivity index (χ0v) is 12.9. The van der Waals surface area contributed by atoms with Gasteiger partial charge in [-0.15, -0.1) is 11.3 Å². The Bertz CT molecular complexity index is 204. The fourth-order valence-corrected chi connectivity index (χ4v) is 1.81. The van der Waals surface area contributed by atoms with Crippen LogP contribution in [0.3, 0.4) is 0 Å². The molecule has 1 heterocycles. The predicted octanol–water partition coefficient (Wildman–Crippen LogP) is 5.40. The van der Waals surface area contributed by atoms with Gasteiger partial charge < -0.3 is 0 Å². The van der Waals surface area contributed by atoms with Crippen molar-refractivity contribution in [1.29, 1.82) is 0 Å². The molecule has 15 heavy (non-hydrogen) atoms. The Hall–Kier alpha value is -0.370. The molecule has 0 N–H and O–H groups in total. The van der Waals surface area contributed by atoms with E-state index >= 15 is 0 Å². The lowest BCUT2D eigenvalue weighted by atomic mass is 10.3. The highest BCUT2D eigenvalue weighted by Crippen LogP contribution is 2.15. The molecule has 0 aliphatic rings. The van der Waals surface area contributed by atoms with E-state index in [1.54, 1.807) is 11.3 Å². The fourth-order valence-electron chi connectivity index (χ4n) is 0.900. The van der Waals surface area contributed by atoms with Crippen molar-refractivity contribution in [2.24, 2.45) is 0 Å². The molecule has 1 aromatic rings. The minimum atomic E-state index is 1.07. The molecule has 0 saturated heterocycles. The molecule has 0 spiro atoms. The number of aryl methyl sites for hydroxylation is 3. The Balaban J connectivity index is -0.000000208. The minimum Gasteiger partial charge on any atom is -0.246 e. The molecule has 1 aromatic heterocycles. The number of thiazole rings is 1. The SMILES string of the molecule is CC.CC.CC.CCc1nc(C)sc1C. The van der Waals surface area contributed by atoms with E-state index in [2.05, 4.69) is 25.8 Å². The fraction of sp³-hybridized carbons (Fsp3) is 0.769. The van der Waals surface area contributed by atoms with Gasteiger partial charge in [0, 0.05) is 4.88 Å². The first kappa shape index (κ1) is 20.1. The summed E-state index contributed by atoms with van der Waals surface area (Å²) in [5, 5.41) is 1.18. The second-order valence-corrected chi connectivity index (χ2v) is 3.50. The summed E-state index contributed by atoms with van der Waals surface area (Å²) in [6.07, 6.45) is 1.07. The maximum absolute atomic E-state index is 4.35. The highest BCUT2D eigenvalue weighted by molar-refractivity contribution is 7.11. The third kappa shape index (κ3) is 9.92. The molecule has 92 valence electrons. The summed E-state index contributed by atoms with van der Waals surface area (Å²) >= 11 is 1.78. The standard InChI is InChI=1S/C7H11NS.3C2H6/c1-4-7-5(2)9-6(3)8-7;3*1-2/h4H2,1-3H3;3*1-2H3. The molecule has 0 aliphatic heterocycles. The molecule has 0 bridgehead atoms. The lowest BCUT2D eigenvalue weighted by Crippen LogP contribution is -1.81. The maximum atomic E-state index is 4.35. The van der Waals surface area contributed by atoms with Crippen molar-refractivity contribution in [1.82, 2.24) is 4.98 Å². The van der Waals surface area contributed by atoms with Crippen LogP contribution in [-0.2, 0) is 6.42 Å². The van der Waals surface area contributed by atoms with Crippen LogP contribution in [0.15, 0.2) is 0 Å². The van der Waals surface area contributed by atoms with Crippen LogP contribution in [-0.4, -0.2) is 4.98 Å². The third-order valence-electron chi connectivity index (χ3n) is 1.33. The van der Waals surface area contributed by atoms with E-state index in [0.29, 0.717) is 0 Å². The van der Waals surface area contributed by atoms with E-state index in [-0.39, 0.29) is 0 Å². The van der Waals surface area contributed by atoms with E-state index in [0.717, 1.165) is 6.42 Å². The Morgan fingerprint density at radius 1 is 0.933 bits per heavy atom. The van der Waals surface area contributed by atoms with Crippen LogP contribution < -0.4 is 0 Å². The molecule has 0 aliphatic carbocycles. The molecule has 0 fully saturated rings. The molecule has 0 unspecified atom stereocenters. The molecule has 2 heteroatoms. The Morgan fingerprint density at radius 2 is 1.33 bits per heavy atom. The number of aromatic nitrogens is 1. The molecular weight excluding hydrogens is 202 g/mol. The second-order valence-electron chi connectivity index (χ2n) is 2.09. The van der Waals surface area contributed by atoms with E-state index < -0.39 is 0 Å². The first-order valence-corrected chi connectivity index (χ1v) is 6.98. The Morgan fingerprint density at radius 3 is 1.47 bits per heavy atom. The second kappa shape index (κ2) is 16.1. The van der Waals surface area contributed by atoms with Gasteiger partial charge in [-0.2, -0.15) is 0 Å². The van der Waals surface area contributed by atoms with Gasteiger partial charge in [-0.3, -0.25) is 0 Å². The summed E-state index contributed by atoms with van der Waals surface area (Å²) < 4.78 is 0. The van der Waals surface area contributed by atoms with Crippen LogP contribution in [0, 0.1) is 13.8 Å². The van der Waals surface area contributed by atoms with E-state index in [1.807, 2.05) is 41.5 Å². The van der Waals surface area contributed by atoms with Crippen molar-refractivity contribution in [2.75, 3.05) is 0 Å². The molecule has 1 rings (SSSR count). The molecule has 1 nitrogen and oxygen atoms in total. The summed E-state index contributed by atoms with van der Waals surface area (Å²) in [6, 6.07) is 0. The van der Waals surface area contributed by atoms with Gasteiger partial charge in [-0.25, -0.2) is 4.98 Å². The lowest BCUT2D eigenvalue weighted by molar-refractivity contribution is 1.03. The average Bonchev–Trinajstić information content (AvgIpc) is 2.65. The van der Waals surface area contributed by atoms with E-state index in [1.165, 1.54) is 15.6 Å². The Labute approximate surface area is 101 Å². The molecule has 0 radical (unpaired) electrons. The highest BCUT2D eigenvalue weighted by atomic mass is 32.1. The van der Waals surface area contributed by atoms with Crippen molar-refractivity contribution in [3.8, 4) is 0 Å². The summed E-state index contributed by atoms with van der Waals surface area (Å²) in [6.45, 7) is 18.3. The topological polar surface area (TPSA) is 12.9 Å². The van der Waals surface area contributed by atoms with Crippen LogP contribution >= 0.6 is 11.3 Å². The van der Waals surface area contributed by atoms with Gasteiger partial charge >= 0.3 is 0 Å². The molecule has 0 saturated carbocycles. The van der Waals surface area contributed by atoms with Crippen molar-refractivity contribution in [3.05, 3.63) is 15.6 Å². The zero-order chi connectivity index (χ0) is 12.9. The molecule has 0 aromatic carbocycles. The van der Waals surface area contributed by atoms with Gasteiger partial charge in [0.2, 0.25) is 0 Å². The first-order valence-electron chi connectivity index (χ1n) is 6.17. The number of rotatable bonds is 1.